The molecular weight excluding hydrogens is 432 g/mol. The van der Waals surface area contributed by atoms with Crippen molar-refractivity contribution in [2.75, 3.05) is 11.1 Å². The van der Waals surface area contributed by atoms with Gasteiger partial charge in [0.1, 0.15) is 5.03 Å². The first kappa shape index (κ1) is 21.6. The number of thioether (sulfide) groups is 1. The smallest absolute Gasteiger partial charge is 0.325 e. The molecule has 0 spiro atoms. The average Bonchev–Trinajstić information content (AvgIpc) is 2.78. The summed E-state index contributed by atoms with van der Waals surface area (Å²) < 4.78 is 1.73. The number of hydrogen-bond acceptors (Lipinski definition) is 5. The lowest BCUT2D eigenvalue weighted by atomic mass is 9.97. The van der Waals surface area contributed by atoms with Gasteiger partial charge in [-0.2, -0.15) is 4.98 Å². The zero-order valence-corrected chi connectivity index (χ0v) is 18.8. The summed E-state index contributed by atoms with van der Waals surface area (Å²) in [5.41, 5.74) is 4.16. The van der Waals surface area contributed by atoms with Gasteiger partial charge in [-0.1, -0.05) is 35.5 Å². The molecule has 0 aliphatic heterocycles. The largest absolute Gasteiger partial charge is 0.349 e. The Kier molecular flexibility index (Phi) is 6.73. The second kappa shape index (κ2) is 9.66. The van der Waals surface area contributed by atoms with Gasteiger partial charge in [-0.05, 0) is 62.4 Å². The van der Waals surface area contributed by atoms with Crippen LogP contribution in [-0.2, 0) is 24.2 Å². The Hall–Kier alpha value is -2.64. The van der Waals surface area contributed by atoms with E-state index in [1.807, 2.05) is 31.2 Å². The number of anilines is 1. The van der Waals surface area contributed by atoms with Gasteiger partial charge in [0.05, 0.1) is 18.0 Å². The molecule has 2 heterocycles. The van der Waals surface area contributed by atoms with Crippen LogP contribution in [0.3, 0.4) is 0 Å². The number of nitrogens with one attached hydrogen (secondary N) is 1. The Labute approximate surface area is 190 Å². The van der Waals surface area contributed by atoms with Gasteiger partial charge in [0.2, 0.25) is 5.91 Å². The van der Waals surface area contributed by atoms with Crippen LogP contribution >= 0.6 is 23.4 Å². The van der Waals surface area contributed by atoms with Crippen LogP contribution in [0.5, 0.6) is 0 Å². The van der Waals surface area contributed by atoms with Crippen LogP contribution < -0.4 is 11.0 Å². The molecule has 0 atom stereocenters. The Morgan fingerprint density at radius 3 is 2.84 bits per heavy atom. The SMILES string of the molecule is Cc1c(Cl)cccc1NC(=O)CSc1nc(=O)n(Cc2ccccn2)c2c1CCCC2. The number of rotatable bonds is 6. The minimum Gasteiger partial charge on any atom is -0.325 e. The zero-order chi connectivity index (χ0) is 21.8. The van der Waals surface area contributed by atoms with Gasteiger partial charge < -0.3 is 5.32 Å². The van der Waals surface area contributed by atoms with Gasteiger partial charge in [-0.15, -0.1) is 0 Å². The van der Waals surface area contributed by atoms with Gasteiger partial charge in [-0.3, -0.25) is 14.3 Å². The zero-order valence-electron chi connectivity index (χ0n) is 17.2. The van der Waals surface area contributed by atoms with E-state index in [0.717, 1.165) is 48.2 Å². The first-order valence-electron chi connectivity index (χ1n) is 10.2. The number of amides is 1. The summed E-state index contributed by atoms with van der Waals surface area (Å²) >= 11 is 7.45. The fraction of sp³-hybridized carbons (Fsp3) is 0.304. The van der Waals surface area contributed by atoms with Crippen molar-refractivity contribution in [2.24, 2.45) is 0 Å². The summed E-state index contributed by atoms with van der Waals surface area (Å²) in [5.74, 6) is 0.0223. The maximum atomic E-state index is 12.8. The van der Waals surface area contributed by atoms with E-state index in [1.165, 1.54) is 11.8 Å². The average molecular weight is 455 g/mol. The second-order valence-corrected chi connectivity index (χ2v) is 8.86. The number of nitrogens with zero attached hydrogens (tertiary/aromatic N) is 3. The standard InChI is InChI=1S/C23H23ClN4O2S/c1-15-18(24)9-6-10-19(15)26-21(29)14-31-22-17-8-2-3-11-20(17)28(23(30)27-22)13-16-7-4-5-12-25-16/h4-7,9-10,12H,2-3,8,11,13-14H2,1H3,(H,26,29). The van der Waals surface area contributed by atoms with E-state index in [-0.39, 0.29) is 17.3 Å². The lowest BCUT2D eigenvalue weighted by molar-refractivity contribution is -0.113. The van der Waals surface area contributed by atoms with Crippen LogP contribution in [0.15, 0.2) is 52.4 Å². The van der Waals surface area contributed by atoms with E-state index < -0.39 is 0 Å². The molecule has 6 nitrogen and oxygen atoms in total. The van der Waals surface area contributed by atoms with Crippen molar-refractivity contribution in [1.29, 1.82) is 0 Å². The molecule has 0 fully saturated rings. The predicted octanol–water partition coefficient (Wildman–Crippen LogP) is 4.26. The van der Waals surface area contributed by atoms with Crippen LogP contribution in [-0.4, -0.2) is 26.2 Å². The topological polar surface area (TPSA) is 76.9 Å². The van der Waals surface area contributed by atoms with E-state index in [1.54, 1.807) is 22.9 Å². The summed E-state index contributed by atoms with van der Waals surface area (Å²) in [7, 11) is 0. The summed E-state index contributed by atoms with van der Waals surface area (Å²) in [6, 6.07) is 11.1. The molecule has 8 heteroatoms. The third-order valence-electron chi connectivity index (χ3n) is 5.38. The minimum atomic E-state index is -0.292. The van der Waals surface area contributed by atoms with Crippen LogP contribution in [0.4, 0.5) is 5.69 Å². The first-order chi connectivity index (χ1) is 15.0. The van der Waals surface area contributed by atoms with Crippen molar-refractivity contribution in [2.45, 2.75) is 44.2 Å². The van der Waals surface area contributed by atoms with Crippen molar-refractivity contribution in [3.05, 3.63) is 80.6 Å². The highest BCUT2D eigenvalue weighted by Crippen LogP contribution is 2.29. The van der Waals surface area contributed by atoms with Gasteiger partial charge in [-0.25, -0.2) is 4.79 Å². The molecule has 0 unspecified atom stereocenters. The molecule has 1 aromatic carbocycles. The van der Waals surface area contributed by atoms with Crippen LogP contribution in [0.25, 0.3) is 0 Å². The maximum Gasteiger partial charge on any atom is 0.349 e. The number of fused-ring (bicyclic) bond motifs is 1. The van der Waals surface area contributed by atoms with Crippen molar-refractivity contribution in [3.63, 3.8) is 0 Å². The molecule has 1 aliphatic rings. The third kappa shape index (κ3) is 4.99. The summed E-state index contributed by atoms with van der Waals surface area (Å²) in [6.07, 6.45) is 5.52. The molecule has 0 radical (unpaired) electrons. The predicted molar refractivity (Wildman–Crippen MR) is 124 cm³/mol. The normalized spacial score (nSPS) is 13.0. The number of carbonyl (C=O) groups is 1. The fourth-order valence-corrected chi connectivity index (χ4v) is 4.80. The monoisotopic (exact) mass is 454 g/mol. The summed E-state index contributed by atoms with van der Waals surface area (Å²) in [4.78, 5) is 34.0. The third-order valence-corrected chi connectivity index (χ3v) is 6.81. The Balaban J connectivity index is 1.53. The molecule has 31 heavy (non-hydrogen) atoms. The van der Waals surface area contributed by atoms with Gasteiger partial charge >= 0.3 is 5.69 Å². The number of aromatic nitrogens is 3. The molecule has 160 valence electrons. The van der Waals surface area contributed by atoms with E-state index in [2.05, 4.69) is 15.3 Å². The van der Waals surface area contributed by atoms with E-state index in [9.17, 15) is 9.59 Å². The van der Waals surface area contributed by atoms with Crippen molar-refractivity contribution < 1.29 is 4.79 Å². The van der Waals surface area contributed by atoms with Crippen LogP contribution in [0.2, 0.25) is 5.02 Å². The minimum absolute atomic E-state index is 0.153. The summed E-state index contributed by atoms with van der Waals surface area (Å²) in [5, 5.41) is 4.17. The molecular formula is C23H23ClN4O2S. The van der Waals surface area contributed by atoms with Crippen molar-refractivity contribution in [1.82, 2.24) is 14.5 Å². The van der Waals surface area contributed by atoms with Crippen molar-refractivity contribution >= 4 is 35.0 Å². The van der Waals surface area contributed by atoms with Crippen molar-refractivity contribution in [3.8, 4) is 0 Å². The van der Waals surface area contributed by atoms with Crippen LogP contribution in [0, 0.1) is 6.92 Å². The molecule has 4 rings (SSSR count). The molecule has 1 aliphatic carbocycles. The van der Waals surface area contributed by atoms with Crippen LogP contribution in [0.1, 0.15) is 35.4 Å². The first-order valence-corrected chi connectivity index (χ1v) is 11.6. The van der Waals surface area contributed by atoms with Gasteiger partial charge in [0.25, 0.3) is 0 Å². The molecule has 0 bridgehead atoms. The second-order valence-electron chi connectivity index (χ2n) is 7.49. The van der Waals surface area contributed by atoms with E-state index in [0.29, 0.717) is 22.3 Å². The molecule has 0 saturated carbocycles. The molecule has 0 saturated heterocycles. The molecule has 1 amide bonds. The number of hydrogen-bond donors (Lipinski definition) is 1. The Morgan fingerprint density at radius 2 is 2.03 bits per heavy atom. The van der Waals surface area contributed by atoms with Gasteiger partial charge in [0, 0.05) is 28.2 Å². The Bertz CT molecular complexity index is 1160. The van der Waals surface area contributed by atoms with E-state index in [4.69, 9.17) is 11.6 Å². The number of carbonyl (C=O) groups excluding carboxylic acids is 1. The number of benzene rings is 1. The summed E-state index contributed by atoms with van der Waals surface area (Å²) in [6.45, 7) is 2.28. The molecule has 2 aromatic heterocycles. The fourth-order valence-electron chi connectivity index (χ4n) is 3.75. The highest BCUT2D eigenvalue weighted by Gasteiger charge is 2.21. The van der Waals surface area contributed by atoms with E-state index >= 15 is 0 Å². The quantitative estimate of drug-likeness (QED) is 0.445. The molecule has 3 aromatic rings. The number of halogens is 1. The highest BCUT2D eigenvalue weighted by molar-refractivity contribution is 8.00. The lowest BCUT2D eigenvalue weighted by Gasteiger charge is -2.22. The lowest BCUT2D eigenvalue weighted by Crippen LogP contribution is -2.31. The maximum absolute atomic E-state index is 12.8. The van der Waals surface area contributed by atoms with Gasteiger partial charge in [0.15, 0.2) is 0 Å². The number of pyridine rings is 1. The molecule has 1 N–H and O–H groups in total. The highest BCUT2D eigenvalue weighted by atomic mass is 35.5. The Morgan fingerprint density at radius 1 is 1.19 bits per heavy atom.